The summed E-state index contributed by atoms with van der Waals surface area (Å²) in [5.41, 5.74) is 3.76. The molecule has 0 aliphatic rings. The van der Waals surface area contributed by atoms with Gasteiger partial charge in [0.25, 0.3) is 0 Å². The Bertz CT molecular complexity index is 1190. The van der Waals surface area contributed by atoms with Gasteiger partial charge in [0.05, 0.1) is 15.8 Å². The van der Waals surface area contributed by atoms with E-state index in [0.717, 1.165) is 27.7 Å². The fourth-order valence-electron chi connectivity index (χ4n) is 3.16. The summed E-state index contributed by atoms with van der Waals surface area (Å²) < 4.78 is 0.0172. The minimum Gasteiger partial charge on any atom is -0.550 e. The van der Waals surface area contributed by atoms with Gasteiger partial charge in [-0.1, -0.05) is 48.0 Å². The Morgan fingerprint density at radius 3 is 2.46 bits per heavy atom. The number of carboxylic acid groups (broad SMARTS) is 1. The van der Waals surface area contributed by atoms with Crippen molar-refractivity contribution in [1.82, 2.24) is 9.88 Å². The van der Waals surface area contributed by atoms with Crippen molar-refractivity contribution < 1.29 is 44.3 Å². The van der Waals surface area contributed by atoms with Crippen molar-refractivity contribution in [2.75, 3.05) is 25.6 Å². The van der Waals surface area contributed by atoms with Gasteiger partial charge in [0.2, 0.25) is 5.91 Å². The van der Waals surface area contributed by atoms with Crippen molar-refractivity contribution in [2.24, 2.45) is 0 Å². The van der Waals surface area contributed by atoms with Crippen LogP contribution in [0, 0.1) is 0 Å². The van der Waals surface area contributed by atoms with Crippen LogP contribution in [-0.2, 0) is 9.59 Å². The summed E-state index contributed by atoms with van der Waals surface area (Å²) in [5.74, 6) is 0.126. The molecule has 0 saturated heterocycles. The number of halogens is 1. The zero-order valence-electron chi connectivity index (χ0n) is 20.1. The van der Waals surface area contributed by atoms with Crippen LogP contribution in [-0.4, -0.2) is 47.4 Å². The van der Waals surface area contributed by atoms with Crippen LogP contribution in [0.2, 0.25) is 5.02 Å². The smallest absolute Gasteiger partial charge is 0.550 e. The van der Waals surface area contributed by atoms with Gasteiger partial charge in [-0.3, -0.25) is 4.79 Å². The largest absolute Gasteiger partial charge is 1.00 e. The molecule has 1 aromatic heterocycles. The Hall–Kier alpha value is -1.48. The molecule has 1 atom stereocenters. The van der Waals surface area contributed by atoms with Crippen LogP contribution in [0.3, 0.4) is 0 Å². The molecule has 0 N–H and O–H groups in total. The van der Waals surface area contributed by atoms with E-state index in [9.17, 15) is 14.7 Å². The Morgan fingerprint density at radius 2 is 1.74 bits per heavy atom. The maximum atomic E-state index is 11.9. The van der Waals surface area contributed by atoms with Gasteiger partial charge in [-0.15, -0.1) is 23.5 Å². The van der Waals surface area contributed by atoms with Crippen LogP contribution >= 0.6 is 35.1 Å². The first-order valence-electron chi connectivity index (χ1n) is 10.8. The van der Waals surface area contributed by atoms with Crippen LogP contribution in [0.1, 0.15) is 34.2 Å². The number of nitrogens with zero attached hydrogens (tertiary/aromatic N) is 2. The standard InChI is InChI=1S/C26H27ClN2O3S2.Na/c1-29(2)24(30)12-14-33-26(34-15-13-25(31)32)20-5-3-4-18(16-20)6-10-22-11-8-19-7-9-21(27)17-23(19)28-22;/h3-11,16-17,26H,12-15H2,1-2H3,(H,31,32);/q;+1/p-1/b10-6+;. The molecule has 3 rings (SSSR count). The third kappa shape index (κ3) is 9.83. The summed E-state index contributed by atoms with van der Waals surface area (Å²) in [6, 6.07) is 17.8. The molecule has 0 aliphatic carbocycles. The summed E-state index contributed by atoms with van der Waals surface area (Å²) in [6.45, 7) is 0. The maximum Gasteiger partial charge on any atom is 1.00 e. The zero-order chi connectivity index (χ0) is 24.5. The number of carbonyl (C=O) groups excluding carboxylic acids is 2. The minimum absolute atomic E-state index is 0. The molecule has 0 saturated carbocycles. The van der Waals surface area contributed by atoms with Crippen molar-refractivity contribution in [3.8, 4) is 0 Å². The number of hydrogen-bond donors (Lipinski definition) is 0. The van der Waals surface area contributed by atoms with Crippen molar-refractivity contribution in [3.63, 3.8) is 0 Å². The third-order valence-corrected chi connectivity index (χ3v) is 8.05. The number of thioether (sulfide) groups is 2. The van der Waals surface area contributed by atoms with Gasteiger partial charge < -0.3 is 14.8 Å². The Labute approximate surface area is 242 Å². The molecule has 0 radical (unpaired) electrons. The third-order valence-electron chi connectivity index (χ3n) is 4.96. The van der Waals surface area contributed by atoms with Gasteiger partial charge in [-0.05, 0) is 53.6 Å². The second kappa shape index (κ2) is 14.9. The quantitative estimate of drug-likeness (QED) is 0.276. The molecule has 178 valence electrons. The summed E-state index contributed by atoms with van der Waals surface area (Å²) in [4.78, 5) is 29.0. The first-order valence-corrected chi connectivity index (χ1v) is 13.3. The van der Waals surface area contributed by atoms with Gasteiger partial charge in [0.15, 0.2) is 0 Å². The molecule has 0 aliphatic heterocycles. The number of hydrogen-bond acceptors (Lipinski definition) is 6. The Balaban J connectivity index is 0.00000432. The predicted molar refractivity (Wildman–Crippen MR) is 143 cm³/mol. The Kier molecular flexibility index (Phi) is 12.7. The van der Waals surface area contributed by atoms with Crippen LogP contribution in [0.25, 0.3) is 23.1 Å². The summed E-state index contributed by atoms with van der Waals surface area (Å²) in [7, 11) is 3.49. The Morgan fingerprint density at radius 1 is 1.03 bits per heavy atom. The molecule has 1 unspecified atom stereocenters. The molecule has 3 aromatic rings. The number of carboxylic acids is 1. The maximum absolute atomic E-state index is 11.9. The number of benzene rings is 2. The predicted octanol–water partition coefficient (Wildman–Crippen LogP) is 2.15. The first kappa shape index (κ1) is 29.7. The van der Waals surface area contributed by atoms with E-state index in [1.165, 1.54) is 0 Å². The van der Waals surface area contributed by atoms with E-state index < -0.39 is 5.97 Å². The normalized spacial score (nSPS) is 11.9. The SMILES string of the molecule is CN(C)C(=O)CCSC(SCCC(=O)[O-])c1cccc(/C=C/c2ccc3ccc(Cl)cc3n2)c1.[Na+]. The van der Waals surface area contributed by atoms with Gasteiger partial charge in [-0.25, -0.2) is 4.98 Å². The van der Waals surface area contributed by atoms with Crippen molar-refractivity contribution in [3.05, 3.63) is 76.4 Å². The molecule has 0 spiro atoms. The molecule has 9 heteroatoms. The van der Waals surface area contributed by atoms with E-state index in [1.54, 1.807) is 42.5 Å². The molecule has 0 fully saturated rings. The topological polar surface area (TPSA) is 73.3 Å². The van der Waals surface area contributed by atoms with Crippen LogP contribution in [0.4, 0.5) is 0 Å². The molecular formula is C26H26ClN2NaO3S2. The number of aromatic nitrogens is 1. The summed E-state index contributed by atoms with van der Waals surface area (Å²) in [5, 5.41) is 12.6. The van der Waals surface area contributed by atoms with E-state index in [2.05, 4.69) is 11.1 Å². The van der Waals surface area contributed by atoms with Crippen molar-refractivity contribution in [1.29, 1.82) is 0 Å². The van der Waals surface area contributed by atoms with E-state index in [0.29, 0.717) is 22.9 Å². The van der Waals surface area contributed by atoms with Crippen LogP contribution in [0.5, 0.6) is 0 Å². The molecule has 35 heavy (non-hydrogen) atoms. The number of rotatable bonds is 11. The molecular weight excluding hydrogens is 511 g/mol. The van der Waals surface area contributed by atoms with Crippen LogP contribution < -0.4 is 34.7 Å². The molecule has 5 nitrogen and oxygen atoms in total. The number of fused-ring (bicyclic) bond motifs is 1. The number of amides is 1. The molecule has 0 bridgehead atoms. The van der Waals surface area contributed by atoms with E-state index in [-0.39, 0.29) is 46.5 Å². The number of pyridine rings is 1. The zero-order valence-corrected chi connectivity index (χ0v) is 24.5. The fraction of sp³-hybridized carbons (Fsp3) is 0.269. The van der Waals surface area contributed by atoms with Gasteiger partial charge >= 0.3 is 29.6 Å². The van der Waals surface area contributed by atoms with Crippen LogP contribution in [0.15, 0.2) is 54.6 Å². The number of carbonyl (C=O) groups is 2. The van der Waals surface area contributed by atoms with Gasteiger partial charge in [-0.2, -0.15) is 0 Å². The summed E-state index contributed by atoms with van der Waals surface area (Å²) in [6.07, 6.45) is 4.40. The second-order valence-electron chi connectivity index (χ2n) is 7.81. The van der Waals surface area contributed by atoms with E-state index in [4.69, 9.17) is 11.6 Å². The minimum atomic E-state index is -1.06. The fourth-order valence-corrected chi connectivity index (χ4v) is 5.97. The van der Waals surface area contributed by atoms with Gasteiger partial charge in [0, 0.05) is 42.6 Å². The number of aliphatic carboxylic acids is 1. The monoisotopic (exact) mass is 536 g/mol. The second-order valence-corrected chi connectivity index (χ2v) is 11.0. The average Bonchev–Trinajstić information content (AvgIpc) is 2.81. The van der Waals surface area contributed by atoms with Crippen molar-refractivity contribution >= 4 is 70.1 Å². The molecule has 1 amide bonds. The first-order chi connectivity index (χ1) is 16.3. The molecule has 2 aromatic carbocycles. The van der Waals surface area contributed by atoms with Crippen molar-refractivity contribution in [2.45, 2.75) is 17.4 Å². The van der Waals surface area contributed by atoms with Gasteiger partial charge in [0.1, 0.15) is 0 Å². The van der Waals surface area contributed by atoms with E-state index in [1.807, 2.05) is 60.7 Å². The summed E-state index contributed by atoms with van der Waals surface area (Å²) >= 11 is 9.30. The van der Waals surface area contributed by atoms with E-state index >= 15 is 0 Å². The average molecular weight is 537 g/mol. The molecule has 1 heterocycles.